The molecule has 0 heterocycles. The van der Waals surface area contributed by atoms with Crippen LogP contribution < -0.4 is 0 Å². The molecule has 0 N–H and O–H groups in total. The summed E-state index contributed by atoms with van der Waals surface area (Å²) >= 11 is 0. The predicted molar refractivity (Wildman–Crippen MR) is 43.9 cm³/mol. The number of alkyl halides is 3. The molecule has 0 aromatic carbocycles. The van der Waals surface area contributed by atoms with E-state index >= 15 is 0 Å². The lowest BCUT2D eigenvalue weighted by Gasteiger charge is -1.94. The molecule has 0 atom stereocenters. The van der Waals surface area contributed by atoms with Crippen molar-refractivity contribution in [2.24, 2.45) is 0 Å². The van der Waals surface area contributed by atoms with E-state index in [2.05, 4.69) is 0 Å². The van der Waals surface area contributed by atoms with E-state index in [0.717, 1.165) is 25.3 Å². The van der Waals surface area contributed by atoms with Gasteiger partial charge in [0.25, 0.3) is 0 Å². The smallest absolute Gasteiger partial charge is 0.167 e. The molecule has 12 heavy (non-hydrogen) atoms. The van der Waals surface area contributed by atoms with Crippen LogP contribution in [0, 0.1) is 0 Å². The summed E-state index contributed by atoms with van der Waals surface area (Å²) in [4.78, 5) is 0. The molecule has 0 aromatic heterocycles. The van der Waals surface area contributed by atoms with Gasteiger partial charge in [0.05, 0.1) is 0 Å². The molecular weight excluding hydrogens is 165 g/mol. The van der Waals surface area contributed by atoms with Crippen LogP contribution in [0.5, 0.6) is 0 Å². The number of rotatable bonds is 4. The lowest BCUT2D eigenvalue weighted by Crippen LogP contribution is -1.99. The monoisotopic (exact) mass is 178 g/mol. The second-order valence-electron chi connectivity index (χ2n) is 2.47. The van der Waals surface area contributed by atoms with Crippen LogP contribution in [-0.2, 0) is 0 Å². The molecule has 0 aliphatic carbocycles. The van der Waals surface area contributed by atoms with E-state index in [-0.39, 0.29) is 6.08 Å². The maximum absolute atomic E-state index is 11.5. The van der Waals surface area contributed by atoms with Crippen molar-refractivity contribution in [3.05, 3.63) is 24.3 Å². The van der Waals surface area contributed by atoms with Crippen LogP contribution >= 0.6 is 0 Å². The molecule has 0 bridgehead atoms. The molecule has 70 valence electrons. The number of hydrogen-bond donors (Lipinski definition) is 0. The molecule has 0 radical (unpaired) electrons. The van der Waals surface area contributed by atoms with Gasteiger partial charge in [-0.2, -0.15) is 13.2 Å². The minimum absolute atomic E-state index is 0.232. The Morgan fingerprint density at radius 3 is 2.33 bits per heavy atom. The van der Waals surface area contributed by atoms with Crippen molar-refractivity contribution >= 4 is 0 Å². The minimum atomic E-state index is -4.19. The fraction of sp³-hybridized carbons (Fsp3) is 0.556. The van der Waals surface area contributed by atoms with Gasteiger partial charge in [0.1, 0.15) is 0 Å². The van der Waals surface area contributed by atoms with E-state index in [9.17, 15) is 13.2 Å². The highest BCUT2D eigenvalue weighted by atomic mass is 19.4. The number of allylic oxidation sites excluding steroid dienone is 4. The fourth-order valence-electron chi connectivity index (χ4n) is 0.661. The zero-order chi connectivity index (χ0) is 9.45. The van der Waals surface area contributed by atoms with Gasteiger partial charge in [0.15, 0.2) is 0 Å². The standard InChI is InChI=1S/C9H13F3/c1-2-3-4-5-6-7-8-9(10,11)12/h5-8H,2-4H2,1H3/b6-5+,8-7+. The highest BCUT2D eigenvalue weighted by molar-refractivity contribution is 5.04. The number of hydrogen-bond acceptors (Lipinski definition) is 0. The summed E-state index contributed by atoms with van der Waals surface area (Å²) in [5.41, 5.74) is 0. The molecule has 0 aromatic rings. The minimum Gasteiger partial charge on any atom is -0.167 e. The molecule has 0 aliphatic rings. The van der Waals surface area contributed by atoms with Crippen LogP contribution in [0.3, 0.4) is 0 Å². The Bertz CT molecular complexity index is 154. The Hall–Kier alpha value is -0.730. The van der Waals surface area contributed by atoms with Gasteiger partial charge in [-0.15, -0.1) is 0 Å². The van der Waals surface area contributed by atoms with E-state index in [1.807, 2.05) is 6.92 Å². The van der Waals surface area contributed by atoms with E-state index in [0.29, 0.717) is 0 Å². The highest BCUT2D eigenvalue weighted by Gasteiger charge is 2.20. The van der Waals surface area contributed by atoms with E-state index in [1.54, 1.807) is 6.08 Å². The average Bonchev–Trinajstić information content (AvgIpc) is 1.94. The molecule has 0 aliphatic heterocycles. The van der Waals surface area contributed by atoms with Gasteiger partial charge in [-0.1, -0.05) is 38.0 Å². The Balaban J connectivity index is 3.53. The third-order valence-electron chi connectivity index (χ3n) is 1.26. The van der Waals surface area contributed by atoms with Crippen LogP contribution in [0.4, 0.5) is 13.2 Å². The summed E-state index contributed by atoms with van der Waals surface area (Å²) in [7, 11) is 0. The maximum atomic E-state index is 11.5. The quantitative estimate of drug-likeness (QED) is 0.453. The van der Waals surface area contributed by atoms with Crippen LogP contribution in [0.25, 0.3) is 0 Å². The molecular formula is C9H13F3. The first-order valence-corrected chi connectivity index (χ1v) is 3.97. The Morgan fingerprint density at radius 2 is 1.83 bits per heavy atom. The van der Waals surface area contributed by atoms with Crippen molar-refractivity contribution in [1.29, 1.82) is 0 Å². The normalized spacial score (nSPS) is 13.3. The van der Waals surface area contributed by atoms with Gasteiger partial charge in [-0.25, -0.2) is 0 Å². The second-order valence-corrected chi connectivity index (χ2v) is 2.47. The molecule has 0 nitrogen and oxygen atoms in total. The molecule has 0 saturated heterocycles. The lowest BCUT2D eigenvalue weighted by molar-refractivity contribution is -0.0798. The summed E-state index contributed by atoms with van der Waals surface area (Å²) < 4.78 is 34.5. The van der Waals surface area contributed by atoms with Crippen molar-refractivity contribution in [2.45, 2.75) is 32.4 Å². The molecule has 0 saturated carbocycles. The molecule has 0 unspecified atom stereocenters. The van der Waals surface area contributed by atoms with Gasteiger partial charge in [-0.05, 0) is 6.42 Å². The molecule has 0 amide bonds. The highest BCUT2D eigenvalue weighted by Crippen LogP contribution is 2.15. The number of halogens is 3. The van der Waals surface area contributed by atoms with Gasteiger partial charge in [-0.3, -0.25) is 0 Å². The molecule has 0 spiro atoms. The van der Waals surface area contributed by atoms with Crippen LogP contribution in [0.15, 0.2) is 24.3 Å². The topological polar surface area (TPSA) is 0 Å². The van der Waals surface area contributed by atoms with Gasteiger partial charge in [0.2, 0.25) is 0 Å². The van der Waals surface area contributed by atoms with E-state index < -0.39 is 6.18 Å². The number of unbranched alkanes of at least 4 members (excludes halogenated alkanes) is 2. The maximum Gasteiger partial charge on any atom is 0.409 e. The zero-order valence-corrected chi connectivity index (χ0v) is 7.06. The van der Waals surface area contributed by atoms with E-state index in [1.165, 1.54) is 6.08 Å². The Kier molecular flexibility index (Phi) is 5.51. The summed E-state index contributed by atoms with van der Waals surface area (Å²) in [6.45, 7) is 2.04. The van der Waals surface area contributed by atoms with Crippen molar-refractivity contribution in [3.63, 3.8) is 0 Å². The SMILES string of the molecule is CCCC/C=C/C=C/C(F)(F)F. The average molecular weight is 178 g/mol. The third-order valence-corrected chi connectivity index (χ3v) is 1.26. The molecule has 0 rings (SSSR count). The third kappa shape index (κ3) is 9.27. The van der Waals surface area contributed by atoms with E-state index in [4.69, 9.17) is 0 Å². The second kappa shape index (κ2) is 5.86. The lowest BCUT2D eigenvalue weighted by atomic mass is 10.2. The van der Waals surface area contributed by atoms with Gasteiger partial charge < -0.3 is 0 Å². The molecule has 0 fully saturated rings. The summed E-state index contributed by atoms with van der Waals surface area (Å²) in [6.07, 6.45) is 3.18. The predicted octanol–water partition coefficient (Wildman–Crippen LogP) is 3.85. The van der Waals surface area contributed by atoms with Gasteiger partial charge in [0, 0.05) is 6.08 Å². The first kappa shape index (κ1) is 11.3. The molecule has 3 heteroatoms. The van der Waals surface area contributed by atoms with Crippen molar-refractivity contribution in [1.82, 2.24) is 0 Å². The van der Waals surface area contributed by atoms with Gasteiger partial charge >= 0.3 is 6.18 Å². The van der Waals surface area contributed by atoms with Crippen molar-refractivity contribution in [2.75, 3.05) is 0 Å². The van der Waals surface area contributed by atoms with Crippen LogP contribution in [0.1, 0.15) is 26.2 Å². The Labute approximate surface area is 70.8 Å². The Morgan fingerprint density at radius 1 is 1.17 bits per heavy atom. The zero-order valence-electron chi connectivity index (χ0n) is 7.06. The van der Waals surface area contributed by atoms with Crippen molar-refractivity contribution in [3.8, 4) is 0 Å². The van der Waals surface area contributed by atoms with Crippen LogP contribution in [0.2, 0.25) is 0 Å². The summed E-state index contributed by atoms with van der Waals surface area (Å²) in [6, 6.07) is 0. The summed E-state index contributed by atoms with van der Waals surface area (Å²) in [5, 5.41) is 0. The summed E-state index contributed by atoms with van der Waals surface area (Å²) in [5.74, 6) is 0. The first-order valence-electron chi connectivity index (χ1n) is 3.97. The fourth-order valence-corrected chi connectivity index (χ4v) is 0.661. The van der Waals surface area contributed by atoms with Crippen LogP contribution in [-0.4, -0.2) is 6.18 Å². The largest absolute Gasteiger partial charge is 0.409 e. The van der Waals surface area contributed by atoms with Crippen molar-refractivity contribution < 1.29 is 13.2 Å². The first-order chi connectivity index (χ1) is 5.56.